The Morgan fingerprint density at radius 2 is 2.15 bits per heavy atom. The molecule has 0 spiro atoms. The number of aromatic nitrogens is 1. The molecular formula is C20H25N3O2S. The summed E-state index contributed by atoms with van der Waals surface area (Å²) in [5, 5.41) is 12.0. The van der Waals surface area contributed by atoms with Crippen LogP contribution in [-0.2, 0) is 6.54 Å². The van der Waals surface area contributed by atoms with Crippen LogP contribution in [0.15, 0.2) is 53.7 Å². The fourth-order valence-electron chi connectivity index (χ4n) is 3.20. The molecule has 1 aromatic carbocycles. The number of aliphatic hydroxyl groups is 1. The Morgan fingerprint density at radius 3 is 2.88 bits per heavy atom. The summed E-state index contributed by atoms with van der Waals surface area (Å²) in [5.74, 6) is 0.650. The van der Waals surface area contributed by atoms with Crippen LogP contribution in [0, 0.1) is 0 Å². The van der Waals surface area contributed by atoms with E-state index < -0.39 is 0 Å². The number of aliphatic hydroxyl groups excluding tert-OH is 1. The van der Waals surface area contributed by atoms with E-state index in [9.17, 15) is 4.79 Å². The third-order valence-electron chi connectivity index (χ3n) is 4.45. The molecule has 0 unspecified atom stereocenters. The van der Waals surface area contributed by atoms with Crippen LogP contribution in [0.25, 0.3) is 0 Å². The highest BCUT2D eigenvalue weighted by atomic mass is 32.2. The first kappa shape index (κ1) is 18.9. The smallest absolute Gasteiger partial charge is 0.251 e. The predicted octanol–water partition coefficient (Wildman–Crippen LogP) is 2.56. The van der Waals surface area contributed by atoms with Gasteiger partial charge in [0.15, 0.2) is 0 Å². The van der Waals surface area contributed by atoms with E-state index in [1.54, 1.807) is 18.0 Å². The van der Waals surface area contributed by atoms with Crippen molar-refractivity contribution in [2.24, 2.45) is 0 Å². The molecule has 1 amide bonds. The van der Waals surface area contributed by atoms with Gasteiger partial charge in [0.1, 0.15) is 0 Å². The molecule has 3 rings (SSSR count). The van der Waals surface area contributed by atoms with Crippen molar-refractivity contribution < 1.29 is 9.90 Å². The summed E-state index contributed by atoms with van der Waals surface area (Å²) < 4.78 is 0. The van der Waals surface area contributed by atoms with Crippen molar-refractivity contribution >= 4 is 17.7 Å². The van der Waals surface area contributed by atoms with Gasteiger partial charge in [0.05, 0.1) is 6.61 Å². The highest BCUT2D eigenvalue weighted by Gasteiger charge is 2.22. The van der Waals surface area contributed by atoms with Crippen molar-refractivity contribution in [2.75, 3.05) is 25.4 Å². The highest BCUT2D eigenvalue weighted by Crippen LogP contribution is 2.18. The van der Waals surface area contributed by atoms with E-state index in [-0.39, 0.29) is 18.6 Å². The molecule has 1 aromatic heterocycles. The van der Waals surface area contributed by atoms with Crippen molar-refractivity contribution in [3.05, 3.63) is 59.9 Å². The van der Waals surface area contributed by atoms with E-state index in [0.29, 0.717) is 11.3 Å². The van der Waals surface area contributed by atoms with Gasteiger partial charge in [0.2, 0.25) is 0 Å². The molecule has 2 heterocycles. The van der Waals surface area contributed by atoms with Crippen LogP contribution in [0.5, 0.6) is 0 Å². The zero-order valence-electron chi connectivity index (χ0n) is 14.8. The van der Waals surface area contributed by atoms with Crippen LogP contribution in [0.4, 0.5) is 0 Å². The summed E-state index contributed by atoms with van der Waals surface area (Å²) in [6.45, 7) is 2.95. The molecule has 1 atom stereocenters. The molecule has 0 radical (unpaired) electrons. The van der Waals surface area contributed by atoms with Crippen LogP contribution in [0.3, 0.4) is 0 Å². The number of hydrogen-bond donors (Lipinski definition) is 2. The Bertz CT molecular complexity index is 694. The lowest BCUT2D eigenvalue weighted by Crippen LogP contribution is -2.47. The average Bonchev–Trinajstić information content (AvgIpc) is 2.68. The van der Waals surface area contributed by atoms with Gasteiger partial charge in [0.25, 0.3) is 5.91 Å². The minimum atomic E-state index is -0.0167. The number of likely N-dealkylation sites (tertiary alicyclic amines) is 1. The fourth-order valence-corrected chi connectivity index (χ4v) is 3.86. The molecule has 1 saturated heterocycles. The summed E-state index contributed by atoms with van der Waals surface area (Å²) in [4.78, 5) is 20.1. The van der Waals surface area contributed by atoms with Gasteiger partial charge in [-0.3, -0.25) is 14.7 Å². The minimum absolute atomic E-state index is 0.0167. The standard InChI is InChI=1S/C20H25N3O2S/c24-11-12-26-19-7-5-17(6-8-19)20(25)22-18-4-2-10-23(15-18)14-16-3-1-9-21-13-16/h1,3,5-9,13,18,24H,2,4,10-12,14-15H2,(H,22,25)/t18-/m0/s1. The maximum atomic E-state index is 12.5. The quantitative estimate of drug-likeness (QED) is 0.733. The second-order valence-electron chi connectivity index (χ2n) is 6.51. The Balaban J connectivity index is 1.52. The molecule has 6 heteroatoms. The molecule has 2 N–H and O–H groups in total. The van der Waals surface area contributed by atoms with Crippen LogP contribution < -0.4 is 5.32 Å². The molecule has 138 valence electrons. The van der Waals surface area contributed by atoms with Crippen molar-refractivity contribution in [1.29, 1.82) is 0 Å². The first-order valence-corrected chi connectivity index (χ1v) is 9.99. The van der Waals surface area contributed by atoms with Crippen molar-refractivity contribution in [3.63, 3.8) is 0 Å². The van der Waals surface area contributed by atoms with E-state index in [1.807, 2.05) is 36.5 Å². The third-order valence-corrected chi connectivity index (χ3v) is 5.44. The number of pyridine rings is 1. The normalized spacial score (nSPS) is 17.8. The number of nitrogens with zero attached hydrogens (tertiary/aromatic N) is 2. The molecule has 26 heavy (non-hydrogen) atoms. The summed E-state index contributed by atoms with van der Waals surface area (Å²) in [5.41, 5.74) is 1.89. The number of carbonyl (C=O) groups excluding carboxylic acids is 1. The number of thioether (sulfide) groups is 1. The Labute approximate surface area is 158 Å². The molecule has 1 aliphatic rings. The number of nitrogens with one attached hydrogen (secondary N) is 1. The summed E-state index contributed by atoms with van der Waals surface area (Å²) in [6, 6.07) is 11.8. The van der Waals surface area contributed by atoms with Crippen molar-refractivity contribution in [3.8, 4) is 0 Å². The Morgan fingerprint density at radius 1 is 1.31 bits per heavy atom. The molecule has 1 fully saturated rings. The number of benzene rings is 1. The van der Waals surface area contributed by atoms with Gasteiger partial charge in [-0.2, -0.15) is 0 Å². The maximum absolute atomic E-state index is 12.5. The fraction of sp³-hybridized carbons (Fsp3) is 0.400. The van der Waals surface area contributed by atoms with Gasteiger partial charge in [0, 0.05) is 47.7 Å². The van der Waals surface area contributed by atoms with Gasteiger partial charge in [-0.05, 0) is 55.3 Å². The second kappa shape index (κ2) is 9.71. The van der Waals surface area contributed by atoms with Crippen LogP contribution >= 0.6 is 11.8 Å². The molecular weight excluding hydrogens is 346 g/mol. The SMILES string of the molecule is O=C(N[C@H]1CCCN(Cc2cccnc2)C1)c1ccc(SCCO)cc1. The van der Waals surface area contributed by atoms with Crippen LogP contribution in [-0.4, -0.2) is 52.4 Å². The summed E-state index contributed by atoms with van der Waals surface area (Å²) in [7, 11) is 0. The third kappa shape index (κ3) is 5.56. The number of piperidine rings is 1. The van der Waals surface area contributed by atoms with E-state index in [4.69, 9.17) is 5.11 Å². The zero-order valence-corrected chi connectivity index (χ0v) is 15.6. The zero-order chi connectivity index (χ0) is 18.2. The molecule has 0 aliphatic carbocycles. The molecule has 0 bridgehead atoms. The highest BCUT2D eigenvalue weighted by molar-refractivity contribution is 7.99. The van der Waals surface area contributed by atoms with Crippen LogP contribution in [0.2, 0.25) is 0 Å². The summed E-state index contributed by atoms with van der Waals surface area (Å²) in [6.07, 6.45) is 5.79. The van der Waals surface area contributed by atoms with Gasteiger partial charge in [-0.25, -0.2) is 0 Å². The number of carbonyl (C=O) groups is 1. The number of hydrogen-bond acceptors (Lipinski definition) is 5. The lowest BCUT2D eigenvalue weighted by Gasteiger charge is -2.33. The largest absolute Gasteiger partial charge is 0.396 e. The topological polar surface area (TPSA) is 65.5 Å². The summed E-state index contributed by atoms with van der Waals surface area (Å²) >= 11 is 1.58. The monoisotopic (exact) mass is 371 g/mol. The van der Waals surface area contributed by atoms with Gasteiger partial charge < -0.3 is 10.4 Å². The molecule has 5 nitrogen and oxygen atoms in total. The van der Waals surface area contributed by atoms with E-state index in [0.717, 1.165) is 37.4 Å². The lowest BCUT2D eigenvalue weighted by atomic mass is 10.0. The Hall–Kier alpha value is -1.89. The van der Waals surface area contributed by atoms with E-state index in [1.165, 1.54) is 5.56 Å². The van der Waals surface area contributed by atoms with Crippen molar-refractivity contribution in [1.82, 2.24) is 15.2 Å². The van der Waals surface area contributed by atoms with Gasteiger partial charge >= 0.3 is 0 Å². The van der Waals surface area contributed by atoms with E-state index >= 15 is 0 Å². The number of amides is 1. The maximum Gasteiger partial charge on any atom is 0.251 e. The molecule has 1 aliphatic heterocycles. The lowest BCUT2D eigenvalue weighted by molar-refractivity contribution is 0.0900. The van der Waals surface area contributed by atoms with Gasteiger partial charge in [-0.15, -0.1) is 11.8 Å². The van der Waals surface area contributed by atoms with Crippen molar-refractivity contribution in [2.45, 2.75) is 30.3 Å². The average molecular weight is 372 g/mol. The first-order valence-electron chi connectivity index (χ1n) is 9.00. The van der Waals surface area contributed by atoms with Gasteiger partial charge in [-0.1, -0.05) is 6.07 Å². The predicted molar refractivity (Wildman–Crippen MR) is 104 cm³/mol. The molecule has 0 saturated carbocycles. The molecule has 2 aromatic rings. The van der Waals surface area contributed by atoms with Crippen LogP contribution in [0.1, 0.15) is 28.8 Å². The number of rotatable bonds is 7. The first-order chi connectivity index (χ1) is 12.7. The Kier molecular flexibility index (Phi) is 7.05. The second-order valence-corrected chi connectivity index (χ2v) is 7.67. The minimum Gasteiger partial charge on any atom is -0.396 e. The van der Waals surface area contributed by atoms with E-state index in [2.05, 4.69) is 21.3 Å².